The van der Waals surface area contributed by atoms with Crippen LogP contribution in [0.25, 0.3) is 10.2 Å². The molecule has 10 heteroatoms. The average Bonchev–Trinajstić information content (AvgIpc) is 3.11. The first-order valence-electron chi connectivity index (χ1n) is 10.8. The van der Waals surface area contributed by atoms with E-state index in [0.717, 1.165) is 22.8 Å². The van der Waals surface area contributed by atoms with Crippen LogP contribution in [0.5, 0.6) is 5.75 Å². The summed E-state index contributed by atoms with van der Waals surface area (Å²) < 4.78 is 35.4. The Morgan fingerprint density at radius 2 is 1.82 bits per heavy atom. The number of carbonyl (C=O) groups excluding carboxylic acids is 1. The molecule has 0 N–H and O–H groups in total. The summed E-state index contributed by atoms with van der Waals surface area (Å²) in [5, 5.41) is 0. The first kappa shape index (κ1) is 23.5. The second kappa shape index (κ2) is 9.28. The summed E-state index contributed by atoms with van der Waals surface area (Å²) >= 11 is 1.03. The highest BCUT2D eigenvalue weighted by Crippen LogP contribution is 2.29. The van der Waals surface area contributed by atoms with E-state index in [9.17, 15) is 18.0 Å². The van der Waals surface area contributed by atoms with E-state index in [1.165, 1.54) is 8.87 Å². The molecule has 3 aromatic rings. The third-order valence-electron chi connectivity index (χ3n) is 6.07. The number of hydrogen-bond acceptors (Lipinski definition) is 6. The number of ether oxygens (including phenoxy) is 1. The Morgan fingerprint density at radius 1 is 1.15 bits per heavy atom. The topological polar surface area (TPSA) is 88.9 Å². The molecule has 4 rings (SSSR count). The summed E-state index contributed by atoms with van der Waals surface area (Å²) in [7, 11) is -0.293. The van der Waals surface area contributed by atoms with E-state index >= 15 is 0 Å². The molecule has 0 atom stereocenters. The average molecular weight is 490 g/mol. The Balaban J connectivity index is 1.43. The van der Waals surface area contributed by atoms with Crippen LogP contribution >= 0.6 is 11.3 Å². The van der Waals surface area contributed by atoms with E-state index in [0.29, 0.717) is 29.7 Å². The highest BCUT2D eigenvalue weighted by molar-refractivity contribution is 7.89. The molecule has 176 valence electrons. The summed E-state index contributed by atoms with van der Waals surface area (Å²) in [6.07, 6.45) is 0.917. The van der Waals surface area contributed by atoms with Gasteiger partial charge < -0.3 is 14.2 Å². The zero-order chi connectivity index (χ0) is 23.8. The van der Waals surface area contributed by atoms with Crippen LogP contribution in [0.2, 0.25) is 0 Å². The number of thiazole rings is 1. The van der Waals surface area contributed by atoms with Crippen LogP contribution < -0.4 is 14.5 Å². The van der Waals surface area contributed by atoms with Gasteiger partial charge in [-0.3, -0.25) is 9.59 Å². The maximum Gasteiger partial charge on any atom is 0.307 e. The van der Waals surface area contributed by atoms with E-state index in [1.54, 1.807) is 37.2 Å². The monoisotopic (exact) mass is 489 g/mol. The number of nitrogens with zero attached hydrogens (tertiary/aromatic N) is 3. The number of sulfonamides is 1. The van der Waals surface area contributed by atoms with Crippen molar-refractivity contribution in [3.8, 4) is 5.75 Å². The van der Waals surface area contributed by atoms with E-state index in [1.807, 2.05) is 31.2 Å². The number of fused-ring (bicyclic) bond motifs is 1. The van der Waals surface area contributed by atoms with Gasteiger partial charge in [0, 0.05) is 38.8 Å². The molecule has 0 unspecified atom stereocenters. The van der Waals surface area contributed by atoms with Gasteiger partial charge in [-0.15, -0.1) is 0 Å². The molecule has 1 fully saturated rings. The van der Waals surface area contributed by atoms with Gasteiger partial charge in [0.25, 0.3) is 0 Å². The van der Waals surface area contributed by atoms with Crippen LogP contribution in [0, 0.1) is 5.92 Å². The van der Waals surface area contributed by atoms with Crippen molar-refractivity contribution in [2.75, 3.05) is 31.6 Å². The Hall–Kier alpha value is -2.69. The van der Waals surface area contributed by atoms with Crippen LogP contribution in [-0.2, 0) is 21.9 Å². The Kier molecular flexibility index (Phi) is 6.60. The third kappa shape index (κ3) is 4.55. The molecule has 0 saturated carbocycles. The SMILES string of the molecule is CCOc1ccc(N(C)C(=O)C2CCN(S(=O)(=O)c3ccc4c(c3)sc(=O)n4C)CC2)cc1. The molecule has 1 aliphatic heterocycles. The van der Waals surface area contributed by atoms with Gasteiger partial charge in [-0.2, -0.15) is 4.31 Å². The minimum atomic E-state index is -3.70. The van der Waals surface area contributed by atoms with Gasteiger partial charge >= 0.3 is 4.87 Å². The molecule has 1 aliphatic rings. The minimum absolute atomic E-state index is 0.0216. The molecule has 1 saturated heterocycles. The molecular weight excluding hydrogens is 462 g/mol. The molecule has 2 heterocycles. The number of hydrogen-bond donors (Lipinski definition) is 0. The van der Waals surface area contributed by atoms with Crippen molar-refractivity contribution < 1.29 is 17.9 Å². The Morgan fingerprint density at radius 3 is 2.45 bits per heavy atom. The smallest absolute Gasteiger partial charge is 0.307 e. The molecule has 33 heavy (non-hydrogen) atoms. The zero-order valence-corrected chi connectivity index (χ0v) is 20.5. The van der Waals surface area contributed by atoms with E-state index in [2.05, 4.69) is 0 Å². The van der Waals surface area contributed by atoms with Crippen molar-refractivity contribution in [2.45, 2.75) is 24.7 Å². The molecule has 8 nitrogen and oxygen atoms in total. The van der Waals surface area contributed by atoms with Crippen molar-refractivity contribution in [1.29, 1.82) is 0 Å². The lowest BCUT2D eigenvalue weighted by molar-refractivity contribution is -0.123. The van der Waals surface area contributed by atoms with Crippen molar-refractivity contribution >= 4 is 43.2 Å². The quantitative estimate of drug-likeness (QED) is 0.531. The summed E-state index contributed by atoms with van der Waals surface area (Å²) in [5.74, 6) is 0.489. The van der Waals surface area contributed by atoms with Gasteiger partial charge in [0.05, 0.1) is 21.7 Å². The zero-order valence-electron chi connectivity index (χ0n) is 18.9. The fraction of sp³-hybridized carbons (Fsp3) is 0.391. The molecule has 1 amide bonds. The third-order valence-corrected chi connectivity index (χ3v) is 8.96. The van der Waals surface area contributed by atoms with Gasteiger partial charge in [-0.25, -0.2) is 8.42 Å². The number of carbonyl (C=O) groups is 1. The van der Waals surface area contributed by atoms with Gasteiger partial charge in [0.2, 0.25) is 15.9 Å². The minimum Gasteiger partial charge on any atom is -0.494 e. The van der Waals surface area contributed by atoms with E-state index in [-0.39, 0.29) is 34.7 Å². The predicted molar refractivity (Wildman–Crippen MR) is 130 cm³/mol. The molecule has 2 aromatic carbocycles. The lowest BCUT2D eigenvalue weighted by Gasteiger charge is -2.32. The fourth-order valence-electron chi connectivity index (χ4n) is 4.10. The van der Waals surface area contributed by atoms with Crippen LogP contribution in [0.15, 0.2) is 52.2 Å². The van der Waals surface area contributed by atoms with Crippen molar-refractivity contribution in [3.63, 3.8) is 0 Å². The number of amides is 1. The molecule has 0 bridgehead atoms. The van der Waals surface area contributed by atoms with Crippen LogP contribution in [0.1, 0.15) is 19.8 Å². The highest BCUT2D eigenvalue weighted by Gasteiger charge is 2.33. The van der Waals surface area contributed by atoms with Gasteiger partial charge in [0.15, 0.2) is 0 Å². The fourth-order valence-corrected chi connectivity index (χ4v) is 6.59. The Bertz CT molecular complexity index is 1320. The number of aryl methyl sites for hydroxylation is 1. The standard InChI is InChI=1S/C23H27N3O5S2/c1-4-31-18-7-5-17(6-8-18)24(2)22(27)16-11-13-26(14-12-16)33(29,30)19-9-10-20-21(15-19)32-23(28)25(20)3/h5-10,15-16H,4,11-14H2,1-3H3. The number of rotatable bonds is 6. The Labute approximate surface area is 197 Å². The largest absolute Gasteiger partial charge is 0.494 e. The van der Waals surface area contributed by atoms with Crippen LogP contribution in [-0.4, -0.2) is 49.9 Å². The lowest BCUT2D eigenvalue weighted by atomic mass is 9.96. The molecule has 0 aliphatic carbocycles. The van der Waals surface area contributed by atoms with E-state index < -0.39 is 10.0 Å². The van der Waals surface area contributed by atoms with Crippen LogP contribution in [0.4, 0.5) is 5.69 Å². The maximum atomic E-state index is 13.2. The summed E-state index contributed by atoms with van der Waals surface area (Å²) in [5.41, 5.74) is 1.49. The lowest BCUT2D eigenvalue weighted by Crippen LogP contribution is -2.43. The molecule has 0 radical (unpaired) electrons. The normalized spacial score (nSPS) is 15.6. The molecule has 0 spiro atoms. The second-order valence-corrected chi connectivity index (χ2v) is 11.0. The summed E-state index contributed by atoms with van der Waals surface area (Å²) in [6.45, 7) is 3.05. The first-order valence-corrected chi connectivity index (χ1v) is 13.1. The molecule has 1 aromatic heterocycles. The number of piperidine rings is 1. The van der Waals surface area contributed by atoms with Crippen LogP contribution in [0.3, 0.4) is 0 Å². The van der Waals surface area contributed by atoms with Gasteiger partial charge in [-0.1, -0.05) is 11.3 Å². The summed E-state index contributed by atoms with van der Waals surface area (Å²) in [6, 6.07) is 12.1. The number of aromatic nitrogens is 1. The van der Waals surface area contributed by atoms with Gasteiger partial charge in [0.1, 0.15) is 5.75 Å². The maximum absolute atomic E-state index is 13.2. The first-order chi connectivity index (χ1) is 15.7. The highest BCUT2D eigenvalue weighted by atomic mass is 32.2. The number of benzene rings is 2. The molecular formula is C23H27N3O5S2. The van der Waals surface area contributed by atoms with Crippen molar-refractivity contribution in [1.82, 2.24) is 8.87 Å². The summed E-state index contributed by atoms with van der Waals surface area (Å²) in [4.78, 5) is 26.6. The predicted octanol–water partition coefficient (Wildman–Crippen LogP) is 3.06. The second-order valence-electron chi connectivity index (χ2n) is 8.06. The van der Waals surface area contributed by atoms with E-state index in [4.69, 9.17) is 4.74 Å². The van der Waals surface area contributed by atoms with Crippen molar-refractivity contribution in [3.05, 3.63) is 52.1 Å². The van der Waals surface area contributed by atoms with Gasteiger partial charge in [-0.05, 0) is 62.2 Å². The number of anilines is 1. The van der Waals surface area contributed by atoms with Crippen molar-refractivity contribution in [2.24, 2.45) is 13.0 Å².